The molecule has 0 heterocycles. The molecule has 1 aliphatic rings. The minimum Gasteiger partial charge on any atom is -0.357 e. The number of halogens is 2. The second-order valence-corrected chi connectivity index (χ2v) is 6.65. The van der Waals surface area contributed by atoms with Gasteiger partial charge in [-0.05, 0) is 55.2 Å². The Labute approximate surface area is 176 Å². The molecule has 0 saturated heterocycles. The standard InChI is InChI=1S/C21H23FN4.HI/c1-2-24-20(25-14-17-8-6-16(13-23)7-9-17)26-15-21(10-11-21)18-4-3-5-19(22)12-18;/h3-9,12H,2,10-11,14-15H2,1H3,(H2,24,25,26);1H. The molecule has 1 saturated carbocycles. The van der Waals surface area contributed by atoms with E-state index in [0.29, 0.717) is 12.1 Å². The minimum absolute atomic E-state index is 0. The van der Waals surface area contributed by atoms with E-state index in [-0.39, 0.29) is 35.2 Å². The molecule has 2 aromatic rings. The van der Waals surface area contributed by atoms with Crippen LogP contribution in [0.5, 0.6) is 0 Å². The minimum atomic E-state index is -0.185. The number of benzene rings is 2. The highest BCUT2D eigenvalue weighted by Crippen LogP contribution is 2.47. The summed E-state index contributed by atoms with van der Waals surface area (Å²) in [5.74, 6) is 0.565. The van der Waals surface area contributed by atoms with Crippen molar-refractivity contribution in [1.29, 1.82) is 5.26 Å². The third kappa shape index (κ3) is 5.67. The summed E-state index contributed by atoms with van der Waals surface area (Å²) in [7, 11) is 0. The third-order valence-electron chi connectivity index (χ3n) is 4.73. The predicted molar refractivity (Wildman–Crippen MR) is 117 cm³/mol. The molecule has 6 heteroatoms. The fourth-order valence-electron chi connectivity index (χ4n) is 2.99. The van der Waals surface area contributed by atoms with Crippen LogP contribution in [0, 0.1) is 17.1 Å². The molecule has 4 nitrogen and oxygen atoms in total. The van der Waals surface area contributed by atoms with Gasteiger partial charge in [-0.1, -0.05) is 24.3 Å². The Morgan fingerprint density at radius 1 is 1.19 bits per heavy atom. The average Bonchev–Trinajstić information content (AvgIpc) is 3.46. The van der Waals surface area contributed by atoms with E-state index >= 15 is 0 Å². The summed E-state index contributed by atoms with van der Waals surface area (Å²) in [6.07, 6.45) is 2.11. The van der Waals surface area contributed by atoms with Gasteiger partial charge in [0.05, 0.1) is 18.2 Å². The van der Waals surface area contributed by atoms with Crippen LogP contribution in [-0.2, 0) is 12.0 Å². The molecule has 0 bridgehead atoms. The van der Waals surface area contributed by atoms with Gasteiger partial charge in [-0.25, -0.2) is 9.38 Å². The number of hydrogen-bond donors (Lipinski definition) is 2. The first-order valence-electron chi connectivity index (χ1n) is 8.92. The first-order chi connectivity index (χ1) is 12.6. The van der Waals surface area contributed by atoms with Crippen LogP contribution in [-0.4, -0.2) is 19.0 Å². The lowest BCUT2D eigenvalue weighted by Gasteiger charge is -2.19. The summed E-state index contributed by atoms with van der Waals surface area (Å²) >= 11 is 0. The number of aliphatic imine (C=N–C) groups is 1. The molecular weight excluding hydrogens is 454 g/mol. The molecule has 0 unspecified atom stereocenters. The van der Waals surface area contributed by atoms with E-state index in [0.717, 1.165) is 43.0 Å². The molecule has 27 heavy (non-hydrogen) atoms. The maximum atomic E-state index is 13.5. The zero-order valence-corrected chi connectivity index (χ0v) is 17.7. The van der Waals surface area contributed by atoms with Gasteiger partial charge < -0.3 is 10.6 Å². The number of rotatable bonds is 6. The summed E-state index contributed by atoms with van der Waals surface area (Å²) in [6, 6.07) is 16.4. The highest BCUT2D eigenvalue weighted by atomic mass is 127. The topological polar surface area (TPSA) is 60.2 Å². The monoisotopic (exact) mass is 478 g/mol. The average molecular weight is 478 g/mol. The van der Waals surface area contributed by atoms with Gasteiger partial charge in [0, 0.05) is 18.5 Å². The Kier molecular flexibility index (Phi) is 7.60. The van der Waals surface area contributed by atoms with Crippen LogP contribution in [0.2, 0.25) is 0 Å². The molecule has 2 aromatic carbocycles. The van der Waals surface area contributed by atoms with E-state index in [2.05, 4.69) is 21.7 Å². The van der Waals surface area contributed by atoms with Crippen LogP contribution < -0.4 is 10.6 Å². The number of hydrogen-bond acceptors (Lipinski definition) is 2. The van der Waals surface area contributed by atoms with Crippen molar-refractivity contribution in [2.45, 2.75) is 31.7 Å². The first kappa shape index (κ1) is 21.2. The van der Waals surface area contributed by atoms with E-state index in [1.807, 2.05) is 25.1 Å². The molecule has 142 valence electrons. The zero-order chi connectivity index (χ0) is 18.4. The molecule has 0 radical (unpaired) electrons. The van der Waals surface area contributed by atoms with E-state index in [4.69, 9.17) is 5.26 Å². The number of nitrogens with one attached hydrogen (secondary N) is 2. The summed E-state index contributed by atoms with van der Waals surface area (Å²) in [6.45, 7) is 4.06. The normalized spacial score (nSPS) is 14.6. The van der Waals surface area contributed by atoms with Crippen LogP contribution in [0.4, 0.5) is 4.39 Å². The van der Waals surface area contributed by atoms with Crippen LogP contribution in [0.25, 0.3) is 0 Å². The second kappa shape index (κ2) is 9.70. The Hall–Kier alpha value is -2.14. The van der Waals surface area contributed by atoms with Crippen LogP contribution >= 0.6 is 24.0 Å². The van der Waals surface area contributed by atoms with Crippen molar-refractivity contribution in [2.24, 2.45) is 4.99 Å². The fourth-order valence-corrected chi connectivity index (χ4v) is 2.99. The summed E-state index contributed by atoms with van der Waals surface area (Å²) < 4.78 is 13.5. The van der Waals surface area contributed by atoms with Crippen molar-refractivity contribution in [3.8, 4) is 6.07 Å². The summed E-state index contributed by atoms with van der Waals surface area (Å²) in [5, 5.41) is 15.5. The van der Waals surface area contributed by atoms with Crippen molar-refractivity contribution in [3.63, 3.8) is 0 Å². The highest BCUT2D eigenvalue weighted by Gasteiger charge is 2.44. The highest BCUT2D eigenvalue weighted by molar-refractivity contribution is 14.0. The van der Waals surface area contributed by atoms with Gasteiger partial charge in [0.15, 0.2) is 5.96 Å². The Morgan fingerprint density at radius 3 is 2.52 bits per heavy atom. The molecule has 0 aromatic heterocycles. The van der Waals surface area contributed by atoms with E-state index in [9.17, 15) is 4.39 Å². The van der Waals surface area contributed by atoms with Gasteiger partial charge in [-0.15, -0.1) is 24.0 Å². The SMILES string of the molecule is CCNC(=NCc1ccc(C#N)cc1)NCC1(c2cccc(F)c2)CC1.I. The predicted octanol–water partition coefficient (Wildman–Crippen LogP) is 4.10. The summed E-state index contributed by atoms with van der Waals surface area (Å²) in [4.78, 5) is 4.62. The number of nitrogens with zero attached hydrogens (tertiary/aromatic N) is 2. The third-order valence-corrected chi connectivity index (χ3v) is 4.73. The van der Waals surface area contributed by atoms with Crippen molar-refractivity contribution in [3.05, 3.63) is 71.0 Å². The molecule has 1 fully saturated rings. The lowest BCUT2D eigenvalue weighted by Crippen LogP contribution is -2.41. The maximum Gasteiger partial charge on any atom is 0.191 e. The molecular formula is C21H24FIN4. The van der Waals surface area contributed by atoms with Gasteiger partial charge in [-0.3, -0.25) is 0 Å². The molecule has 0 amide bonds. The van der Waals surface area contributed by atoms with E-state index in [1.54, 1.807) is 24.3 Å². The summed E-state index contributed by atoms with van der Waals surface area (Å²) in [5.41, 5.74) is 2.75. The molecule has 2 N–H and O–H groups in total. The quantitative estimate of drug-likeness (QED) is 0.374. The van der Waals surface area contributed by atoms with E-state index < -0.39 is 0 Å². The maximum absolute atomic E-state index is 13.5. The second-order valence-electron chi connectivity index (χ2n) is 6.65. The Morgan fingerprint density at radius 2 is 1.93 bits per heavy atom. The van der Waals surface area contributed by atoms with Crippen molar-refractivity contribution >= 4 is 29.9 Å². The van der Waals surface area contributed by atoms with Crippen molar-refractivity contribution in [1.82, 2.24) is 10.6 Å². The zero-order valence-electron chi connectivity index (χ0n) is 15.3. The lowest BCUT2D eigenvalue weighted by molar-refractivity contribution is 0.607. The Balaban J connectivity index is 0.00000261. The van der Waals surface area contributed by atoms with Crippen LogP contribution in [0.15, 0.2) is 53.5 Å². The van der Waals surface area contributed by atoms with Crippen molar-refractivity contribution in [2.75, 3.05) is 13.1 Å². The van der Waals surface area contributed by atoms with E-state index in [1.165, 1.54) is 6.07 Å². The number of guanidine groups is 1. The smallest absolute Gasteiger partial charge is 0.191 e. The molecule has 0 spiro atoms. The van der Waals surface area contributed by atoms with Crippen LogP contribution in [0.3, 0.4) is 0 Å². The Bertz CT molecular complexity index is 823. The van der Waals surface area contributed by atoms with Gasteiger partial charge in [0.2, 0.25) is 0 Å². The van der Waals surface area contributed by atoms with Gasteiger partial charge in [0.25, 0.3) is 0 Å². The van der Waals surface area contributed by atoms with Crippen LogP contribution in [0.1, 0.15) is 36.5 Å². The fraction of sp³-hybridized carbons (Fsp3) is 0.333. The molecule has 0 atom stereocenters. The first-order valence-corrected chi connectivity index (χ1v) is 8.92. The van der Waals surface area contributed by atoms with Gasteiger partial charge in [-0.2, -0.15) is 5.26 Å². The molecule has 0 aliphatic heterocycles. The van der Waals surface area contributed by atoms with Crippen molar-refractivity contribution < 1.29 is 4.39 Å². The molecule has 3 rings (SSSR count). The van der Waals surface area contributed by atoms with Gasteiger partial charge >= 0.3 is 0 Å². The largest absolute Gasteiger partial charge is 0.357 e. The van der Waals surface area contributed by atoms with Gasteiger partial charge in [0.1, 0.15) is 5.82 Å². The lowest BCUT2D eigenvalue weighted by atomic mass is 9.96. The number of nitriles is 1. The molecule has 1 aliphatic carbocycles.